The quantitative estimate of drug-likeness (QED) is 0.226. The molecule has 0 aliphatic rings. The van der Waals surface area contributed by atoms with Gasteiger partial charge in [-0.25, -0.2) is 4.79 Å². The fourth-order valence-corrected chi connectivity index (χ4v) is 5.33. The zero-order valence-electron chi connectivity index (χ0n) is 19.3. The maximum atomic E-state index is 12.9. The first kappa shape index (κ1) is 28.4. The average molecular weight is 621 g/mol. The highest BCUT2D eigenvalue weighted by Gasteiger charge is 2.27. The second-order valence-corrected chi connectivity index (χ2v) is 12.4. The van der Waals surface area contributed by atoms with Crippen LogP contribution in [0.15, 0.2) is 39.3 Å². The standard InChI is InChI=1S/C23H28Br2NO7P/c1-5-8-32-23(29)20(13(2)3)26-22(28)16-11-15(6-7-19(16)27)33-21-17(24)9-14(10-18(21)25)12-34(4,30)31/h6-7,9-11,13,20,27H,5,8,12H2,1-4H3,(H,26,28)(H,30,31)/t20-/m0/s1. The molecule has 0 bridgehead atoms. The fraction of sp³-hybridized carbons (Fsp3) is 0.391. The number of rotatable bonds is 10. The highest BCUT2D eigenvalue weighted by Crippen LogP contribution is 2.44. The van der Waals surface area contributed by atoms with Crippen molar-refractivity contribution in [3.8, 4) is 17.2 Å². The van der Waals surface area contributed by atoms with E-state index in [-0.39, 0.29) is 35.7 Å². The number of phenols is 1. The third-order valence-corrected chi connectivity index (χ3v) is 6.75. The van der Waals surface area contributed by atoms with Crippen molar-refractivity contribution < 1.29 is 33.6 Å². The molecule has 11 heteroatoms. The zero-order chi connectivity index (χ0) is 25.6. The summed E-state index contributed by atoms with van der Waals surface area (Å²) in [7, 11) is -3.25. The number of amides is 1. The van der Waals surface area contributed by atoms with Gasteiger partial charge in [-0.2, -0.15) is 0 Å². The Kier molecular flexibility index (Phi) is 10.2. The van der Waals surface area contributed by atoms with Crippen LogP contribution in [0.1, 0.15) is 43.1 Å². The van der Waals surface area contributed by atoms with Gasteiger partial charge in [-0.05, 0) is 80.1 Å². The van der Waals surface area contributed by atoms with Crippen molar-refractivity contribution in [1.82, 2.24) is 5.32 Å². The lowest BCUT2D eigenvalue weighted by atomic mass is 10.0. The van der Waals surface area contributed by atoms with Gasteiger partial charge in [-0.1, -0.05) is 20.8 Å². The van der Waals surface area contributed by atoms with E-state index in [1.807, 2.05) is 6.92 Å². The Morgan fingerprint density at radius 1 is 1.15 bits per heavy atom. The van der Waals surface area contributed by atoms with Crippen LogP contribution in [0.5, 0.6) is 17.2 Å². The summed E-state index contributed by atoms with van der Waals surface area (Å²) in [4.78, 5) is 34.8. The van der Waals surface area contributed by atoms with E-state index in [0.717, 1.165) is 0 Å². The summed E-state index contributed by atoms with van der Waals surface area (Å²) in [5.41, 5.74) is 0.572. The van der Waals surface area contributed by atoms with Gasteiger partial charge in [-0.3, -0.25) is 9.36 Å². The van der Waals surface area contributed by atoms with Crippen LogP contribution in [0.25, 0.3) is 0 Å². The monoisotopic (exact) mass is 619 g/mol. The molecule has 0 aromatic heterocycles. The lowest BCUT2D eigenvalue weighted by Crippen LogP contribution is -2.45. The van der Waals surface area contributed by atoms with Crippen molar-refractivity contribution in [1.29, 1.82) is 0 Å². The van der Waals surface area contributed by atoms with Gasteiger partial charge in [-0.15, -0.1) is 0 Å². The minimum Gasteiger partial charge on any atom is -0.507 e. The van der Waals surface area contributed by atoms with E-state index >= 15 is 0 Å². The van der Waals surface area contributed by atoms with Crippen LogP contribution < -0.4 is 10.1 Å². The first-order valence-corrected chi connectivity index (χ1v) is 14.5. The summed E-state index contributed by atoms with van der Waals surface area (Å²) >= 11 is 6.81. The second kappa shape index (κ2) is 12.2. The maximum absolute atomic E-state index is 12.9. The smallest absolute Gasteiger partial charge is 0.328 e. The van der Waals surface area contributed by atoms with Crippen LogP contribution in [0.3, 0.4) is 0 Å². The van der Waals surface area contributed by atoms with E-state index in [4.69, 9.17) is 9.47 Å². The van der Waals surface area contributed by atoms with Gasteiger partial charge in [0, 0.05) is 12.8 Å². The molecule has 0 fully saturated rings. The molecule has 2 aromatic carbocycles. The van der Waals surface area contributed by atoms with Crippen molar-refractivity contribution >= 4 is 51.1 Å². The lowest BCUT2D eigenvalue weighted by Gasteiger charge is -2.21. The lowest BCUT2D eigenvalue weighted by molar-refractivity contribution is -0.147. The summed E-state index contributed by atoms with van der Waals surface area (Å²) in [5, 5.41) is 12.9. The van der Waals surface area contributed by atoms with Gasteiger partial charge in [0.1, 0.15) is 17.5 Å². The predicted molar refractivity (Wildman–Crippen MR) is 137 cm³/mol. The Morgan fingerprint density at radius 3 is 2.29 bits per heavy atom. The van der Waals surface area contributed by atoms with Gasteiger partial charge in [0.15, 0.2) is 5.75 Å². The molecule has 2 rings (SSSR count). The Bertz CT molecular complexity index is 1080. The molecule has 0 heterocycles. The minimum absolute atomic E-state index is 0.00567. The number of phenolic OH excluding ortho intramolecular Hbond substituents is 1. The van der Waals surface area contributed by atoms with Gasteiger partial charge in [0.25, 0.3) is 5.91 Å². The normalized spacial score (nSPS) is 13.8. The average Bonchev–Trinajstić information content (AvgIpc) is 2.72. The van der Waals surface area contributed by atoms with E-state index in [0.29, 0.717) is 26.7 Å². The van der Waals surface area contributed by atoms with Crippen molar-refractivity contribution in [3.63, 3.8) is 0 Å². The topological polar surface area (TPSA) is 122 Å². The fourth-order valence-electron chi connectivity index (χ4n) is 3.03. The Morgan fingerprint density at radius 2 is 1.76 bits per heavy atom. The maximum Gasteiger partial charge on any atom is 0.328 e. The molecule has 2 atom stereocenters. The molecule has 186 valence electrons. The molecule has 0 saturated heterocycles. The van der Waals surface area contributed by atoms with E-state index in [9.17, 15) is 24.2 Å². The number of carbonyl (C=O) groups is 2. The summed E-state index contributed by atoms with van der Waals surface area (Å²) < 4.78 is 23.9. The molecule has 0 radical (unpaired) electrons. The Labute approximate surface area is 215 Å². The molecule has 3 N–H and O–H groups in total. The summed E-state index contributed by atoms with van der Waals surface area (Å²) in [6, 6.07) is 6.65. The first-order valence-electron chi connectivity index (χ1n) is 10.6. The molecular formula is C23H28Br2NO7P. The summed E-state index contributed by atoms with van der Waals surface area (Å²) in [5.74, 6) is -1.04. The molecule has 1 unspecified atom stereocenters. The number of hydrogen-bond acceptors (Lipinski definition) is 6. The third-order valence-electron chi connectivity index (χ3n) is 4.62. The highest BCUT2D eigenvalue weighted by molar-refractivity contribution is 9.11. The van der Waals surface area contributed by atoms with Crippen LogP contribution in [-0.4, -0.2) is 41.2 Å². The van der Waals surface area contributed by atoms with Crippen LogP contribution in [-0.2, 0) is 20.3 Å². The van der Waals surface area contributed by atoms with Gasteiger partial charge in [0.2, 0.25) is 7.37 Å². The molecular weight excluding hydrogens is 593 g/mol. The number of hydrogen-bond donors (Lipinski definition) is 3. The van der Waals surface area contributed by atoms with Gasteiger partial charge >= 0.3 is 5.97 Å². The van der Waals surface area contributed by atoms with Crippen LogP contribution in [0.4, 0.5) is 0 Å². The largest absolute Gasteiger partial charge is 0.507 e. The third kappa shape index (κ3) is 8.12. The van der Waals surface area contributed by atoms with Gasteiger partial charge in [0.05, 0.1) is 21.1 Å². The minimum atomic E-state index is -3.25. The Balaban J connectivity index is 2.27. The number of aromatic hydroxyl groups is 1. The van der Waals surface area contributed by atoms with Crippen molar-refractivity contribution in [2.24, 2.45) is 5.92 Å². The molecule has 0 aliphatic heterocycles. The van der Waals surface area contributed by atoms with E-state index in [1.165, 1.54) is 24.9 Å². The summed E-state index contributed by atoms with van der Waals surface area (Å²) in [6.45, 7) is 6.98. The number of nitrogens with one attached hydrogen (secondary N) is 1. The number of esters is 1. The second-order valence-electron chi connectivity index (χ2n) is 8.24. The first-order chi connectivity index (χ1) is 15.8. The van der Waals surface area contributed by atoms with Crippen molar-refractivity contribution in [3.05, 3.63) is 50.4 Å². The number of ether oxygens (including phenoxy) is 2. The summed E-state index contributed by atoms with van der Waals surface area (Å²) in [6.07, 6.45) is 0.667. The molecule has 1 amide bonds. The van der Waals surface area contributed by atoms with E-state index < -0.39 is 25.3 Å². The molecule has 8 nitrogen and oxygen atoms in total. The van der Waals surface area contributed by atoms with Crippen molar-refractivity contribution in [2.75, 3.05) is 13.3 Å². The molecule has 0 saturated carbocycles. The van der Waals surface area contributed by atoms with Crippen LogP contribution in [0, 0.1) is 5.92 Å². The zero-order valence-corrected chi connectivity index (χ0v) is 23.4. The molecule has 0 spiro atoms. The number of halogens is 2. The van der Waals surface area contributed by atoms with Crippen molar-refractivity contribution in [2.45, 2.75) is 39.4 Å². The predicted octanol–water partition coefficient (Wildman–Crippen LogP) is 5.82. The molecule has 34 heavy (non-hydrogen) atoms. The SMILES string of the molecule is CCCOC(=O)[C@@H](NC(=O)c1cc(Oc2c(Br)cc(CP(C)(=O)O)cc2Br)ccc1O)C(C)C. The van der Waals surface area contributed by atoms with E-state index in [1.54, 1.807) is 26.0 Å². The molecule has 2 aromatic rings. The van der Waals surface area contributed by atoms with E-state index in [2.05, 4.69) is 37.2 Å². The van der Waals surface area contributed by atoms with Crippen LogP contribution >= 0.6 is 39.2 Å². The highest BCUT2D eigenvalue weighted by atomic mass is 79.9. The number of benzene rings is 2. The Hall–Kier alpha value is -1.87. The number of carbonyl (C=O) groups excluding carboxylic acids is 2. The van der Waals surface area contributed by atoms with Crippen LogP contribution in [0.2, 0.25) is 0 Å². The van der Waals surface area contributed by atoms with Gasteiger partial charge < -0.3 is 24.8 Å². The molecule has 0 aliphatic carbocycles.